The molecule has 1 saturated heterocycles. The highest BCUT2D eigenvalue weighted by atomic mass is 16.5. The van der Waals surface area contributed by atoms with Gasteiger partial charge in [0, 0.05) is 12.8 Å². The predicted molar refractivity (Wildman–Crippen MR) is 87.5 cm³/mol. The van der Waals surface area contributed by atoms with Crippen LogP contribution in [0.1, 0.15) is 38.5 Å². The summed E-state index contributed by atoms with van der Waals surface area (Å²) in [7, 11) is 0. The fourth-order valence-electron chi connectivity index (χ4n) is 3.94. The predicted octanol–water partition coefficient (Wildman–Crippen LogP) is 2.95. The lowest BCUT2D eigenvalue weighted by molar-refractivity contribution is 0.0665. The van der Waals surface area contributed by atoms with Crippen molar-refractivity contribution in [3.63, 3.8) is 0 Å². The third-order valence-electron chi connectivity index (χ3n) is 5.12. The van der Waals surface area contributed by atoms with E-state index < -0.39 is 0 Å². The average Bonchev–Trinajstić information content (AvgIpc) is 3.12. The lowest BCUT2D eigenvalue weighted by atomic mass is 9.86. The quantitative estimate of drug-likeness (QED) is 0.895. The van der Waals surface area contributed by atoms with Crippen LogP contribution in [-0.4, -0.2) is 33.9 Å². The van der Waals surface area contributed by atoms with E-state index in [1.165, 1.54) is 12.8 Å². The van der Waals surface area contributed by atoms with E-state index in [-0.39, 0.29) is 17.7 Å². The van der Waals surface area contributed by atoms with Crippen molar-refractivity contribution >= 4 is 17.2 Å². The van der Waals surface area contributed by atoms with E-state index >= 15 is 0 Å². The highest BCUT2D eigenvalue weighted by molar-refractivity contribution is 5.94. The molecule has 6 heteroatoms. The van der Waals surface area contributed by atoms with Gasteiger partial charge in [-0.15, -0.1) is 0 Å². The van der Waals surface area contributed by atoms with E-state index in [0.29, 0.717) is 0 Å². The molecule has 0 aromatic carbocycles. The van der Waals surface area contributed by atoms with Crippen molar-refractivity contribution in [3.8, 4) is 0 Å². The van der Waals surface area contributed by atoms with E-state index in [9.17, 15) is 4.79 Å². The number of ether oxygens (including phenoxy) is 1. The van der Waals surface area contributed by atoms with Crippen LogP contribution in [0.5, 0.6) is 0 Å². The van der Waals surface area contributed by atoms with Crippen molar-refractivity contribution in [1.82, 2.24) is 14.9 Å². The first-order valence-corrected chi connectivity index (χ1v) is 8.40. The summed E-state index contributed by atoms with van der Waals surface area (Å²) in [5.41, 5.74) is 1.45. The molecule has 4 rings (SSSR count). The van der Waals surface area contributed by atoms with Gasteiger partial charge in [0.15, 0.2) is 0 Å². The Balaban J connectivity index is 1.52. The molecule has 122 valence electrons. The first-order valence-electron chi connectivity index (χ1n) is 8.40. The second kappa shape index (κ2) is 5.85. The monoisotopic (exact) mass is 314 g/mol. The number of urea groups is 1. The normalized spacial score (nSPS) is 27.4. The SMILES string of the molecule is O=C(Nc1cccn2nccc12)NC12CCCCCC1OCC2. The smallest absolute Gasteiger partial charge is 0.319 e. The molecule has 2 atom stereocenters. The summed E-state index contributed by atoms with van der Waals surface area (Å²) in [5, 5.41) is 10.4. The Labute approximate surface area is 135 Å². The number of fused-ring (bicyclic) bond motifs is 2. The van der Waals surface area contributed by atoms with E-state index in [1.54, 1.807) is 10.7 Å². The van der Waals surface area contributed by atoms with Crippen LogP contribution in [0.2, 0.25) is 0 Å². The van der Waals surface area contributed by atoms with Crippen LogP contribution in [0.3, 0.4) is 0 Å². The number of pyridine rings is 1. The Bertz CT molecular complexity index is 713. The molecule has 1 aliphatic carbocycles. The van der Waals surface area contributed by atoms with Gasteiger partial charge in [-0.25, -0.2) is 9.31 Å². The second-order valence-electron chi connectivity index (χ2n) is 6.53. The van der Waals surface area contributed by atoms with Gasteiger partial charge in [0.25, 0.3) is 0 Å². The third-order valence-corrected chi connectivity index (χ3v) is 5.12. The number of hydrogen-bond acceptors (Lipinski definition) is 3. The van der Waals surface area contributed by atoms with Gasteiger partial charge >= 0.3 is 6.03 Å². The molecule has 1 aliphatic heterocycles. The second-order valence-corrected chi connectivity index (χ2v) is 6.53. The molecule has 0 radical (unpaired) electrons. The molecule has 1 saturated carbocycles. The zero-order chi connectivity index (χ0) is 15.7. The maximum absolute atomic E-state index is 12.6. The Hall–Kier alpha value is -2.08. The Kier molecular flexibility index (Phi) is 3.69. The highest BCUT2D eigenvalue weighted by Crippen LogP contribution is 2.37. The summed E-state index contributed by atoms with van der Waals surface area (Å²) in [4.78, 5) is 12.6. The van der Waals surface area contributed by atoms with E-state index in [0.717, 1.165) is 43.5 Å². The largest absolute Gasteiger partial charge is 0.376 e. The number of carbonyl (C=O) groups excluding carboxylic acids is 1. The molecule has 2 fully saturated rings. The zero-order valence-corrected chi connectivity index (χ0v) is 13.1. The minimum atomic E-state index is -0.202. The maximum atomic E-state index is 12.6. The van der Waals surface area contributed by atoms with E-state index in [1.807, 2.05) is 24.4 Å². The molecule has 6 nitrogen and oxygen atoms in total. The van der Waals surface area contributed by atoms with Crippen LogP contribution in [0.4, 0.5) is 10.5 Å². The van der Waals surface area contributed by atoms with Crippen LogP contribution in [0.15, 0.2) is 30.6 Å². The molecule has 2 aliphatic rings. The lowest BCUT2D eigenvalue weighted by Gasteiger charge is -2.33. The van der Waals surface area contributed by atoms with E-state index in [4.69, 9.17) is 4.74 Å². The topological polar surface area (TPSA) is 67.7 Å². The number of nitrogens with zero attached hydrogens (tertiary/aromatic N) is 2. The Morgan fingerprint density at radius 2 is 2.26 bits per heavy atom. The van der Waals surface area contributed by atoms with E-state index in [2.05, 4.69) is 15.7 Å². The molecule has 3 heterocycles. The van der Waals surface area contributed by atoms with Gasteiger partial charge in [-0.05, 0) is 37.5 Å². The van der Waals surface area contributed by atoms with Crippen molar-refractivity contribution in [2.24, 2.45) is 0 Å². The summed E-state index contributed by atoms with van der Waals surface area (Å²) in [6.45, 7) is 0.739. The van der Waals surface area contributed by atoms with Crippen LogP contribution >= 0.6 is 0 Å². The number of nitrogens with one attached hydrogen (secondary N) is 2. The zero-order valence-electron chi connectivity index (χ0n) is 13.1. The molecule has 0 spiro atoms. The van der Waals surface area contributed by atoms with Crippen molar-refractivity contribution in [1.29, 1.82) is 0 Å². The van der Waals surface area contributed by atoms with Gasteiger partial charge in [0.2, 0.25) is 0 Å². The Morgan fingerprint density at radius 3 is 3.22 bits per heavy atom. The van der Waals surface area contributed by atoms with Crippen molar-refractivity contribution in [2.45, 2.75) is 50.2 Å². The number of anilines is 1. The minimum Gasteiger partial charge on any atom is -0.376 e. The van der Waals surface area contributed by atoms with Crippen LogP contribution in [0, 0.1) is 0 Å². The summed E-state index contributed by atoms with van der Waals surface area (Å²) >= 11 is 0. The summed E-state index contributed by atoms with van der Waals surface area (Å²) in [6.07, 6.45) is 10.2. The molecular weight excluding hydrogens is 292 g/mol. The Morgan fingerprint density at radius 1 is 1.30 bits per heavy atom. The highest BCUT2D eigenvalue weighted by Gasteiger charge is 2.45. The molecule has 2 amide bonds. The minimum absolute atomic E-state index is 0.154. The number of hydrogen-bond donors (Lipinski definition) is 2. The summed E-state index contributed by atoms with van der Waals surface area (Å²) in [5.74, 6) is 0. The van der Waals surface area contributed by atoms with Crippen molar-refractivity contribution in [2.75, 3.05) is 11.9 Å². The molecule has 2 N–H and O–H groups in total. The molecule has 2 unspecified atom stereocenters. The van der Waals surface area contributed by atoms with Gasteiger partial charge in [-0.1, -0.05) is 19.3 Å². The fourth-order valence-corrected chi connectivity index (χ4v) is 3.94. The molecule has 23 heavy (non-hydrogen) atoms. The van der Waals surface area contributed by atoms with Crippen LogP contribution in [0.25, 0.3) is 5.52 Å². The number of amides is 2. The number of carbonyl (C=O) groups is 1. The fraction of sp³-hybridized carbons (Fsp3) is 0.529. The standard InChI is InChI=1S/C17H22N4O2/c22-16(19-13-5-4-11-21-14(13)7-10-18-21)20-17-8-3-1-2-6-15(17)23-12-9-17/h4-5,7,10-11,15H,1-3,6,8-9,12H2,(H2,19,20,22). The van der Waals surface area contributed by atoms with Crippen LogP contribution in [-0.2, 0) is 4.74 Å². The van der Waals surface area contributed by atoms with Crippen molar-refractivity contribution in [3.05, 3.63) is 30.6 Å². The number of rotatable bonds is 2. The average molecular weight is 314 g/mol. The molecule has 2 aromatic rings. The van der Waals surface area contributed by atoms with Crippen LogP contribution < -0.4 is 10.6 Å². The van der Waals surface area contributed by atoms with Gasteiger partial charge in [0.05, 0.1) is 29.0 Å². The summed E-state index contributed by atoms with van der Waals surface area (Å²) in [6, 6.07) is 5.50. The molecule has 0 bridgehead atoms. The van der Waals surface area contributed by atoms with Gasteiger partial charge < -0.3 is 15.4 Å². The van der Waals surface area contributed by atoms with Gasteiger partial charge in [-0.3, -0.25) is 0 Å². The number of aromatic nitrogens is 2. The first kappa shape index (κ1) is 14.5. The van der Waals surface area contributed by atoms with Crippen molar-refractivity contribution < 1.29 is 9.53 Å². The lowest BCUT2D eigenvalue weighted by Crippen LogP contribution is -2.54. The third kappa shape index (κ3) is 2.67. The van der Waals surface area contributed by atoms with Gasteiger partial charge in [-0.2, -0.15) is 5.10 Å². The molecular formula is C17H22N4O2. The first-order chi connectivity index (χ1) is 11.3. The maximum Gasteiger partial charge on any atom is 0.319 e. The molecule has 2 aromatic heterocycles. The van der Waals surface area contributed by atoms with Gasteiger partial charge in [0.1, 0.15) is 0 Å². The summed E-state index contributed by atoms with van der Waals surface area (Å²) < 4.78 is 7.64.